The van der Waals surface area contributed by atoms with E-state index in [-0.39, 0.29) is 36.6 Å². The molecule has 0 radical (unpaired) electrons. The van der Waals surface area contributed by atoms with Gasteiger partial charge in [0.05, 0.1) is 29.8 Å². The van der Waals surface area contributed by atoms with Gasteiger partial charge >= 0.3 is 0 Å². The molecule has 3 heterocycles. The van der Waals surface area contributed by atoms with Crippen molar-refractivity contribution < 1.29 is 14.6 Å². The SMILES string of the molecule is Cc1cc(C)c(CN2CCc3c(Cl)cc([C@@H](CO)[C@H]4CCCO4)c(Cl)c3C2=O)c(=O)[nH]1. The fraction of sp³-hybridized carbons (Fsp3) is 0.478. The Labute approximate surface area is 191 Å². The largest absolute Gasteiger partial charge is 0.396 e. The van der Waals surface area contributed by atoms with Crippen LogP contribution in [-0.4, -0.2) is 46.8 Å². The van der Waals surface area contributed by atoms with Crippen molar-refractivity contribution in [3.8, 4) is 0 Å². The molecule has 2 aromatic rings. The van der Waals surface area contributed by atoms with Crippen molar-refractivity contribution in [2.24, 2.45) is 0 Å². The molecule has 166 valence electrons. The molecule has 2 atom stereocenters. The minimum atomic E-state index is -0.344. The Morgan fingerprint density at radius 1 is 1.29 bits per heavy atom. The number of aromatic nitrogens is 1. The zero-order chi connectivity index (χ0) is 22.3. The van der Waals surface area contributed by atoms with Crippen molar-refractivity contribution >= 4 is 29.1 Å². The van der Waals surface area contributed by atoms with E-state index in [2.05, 4.69) is 4.98 Å². The number of carbonyl (C=O) groups is 1. The number of nitrogens with zero attached hydrogens (tertiary/aromatic N) is 1. The topological polar surface area (TPSA) is 82.6 Å². The molecule has 31 heavy (non-hydrogen) atoms. The van der Waals surface area contributed by atoms with E-state index in [4.69, 9.17) is 27.9 Å². The van der Waals surface area contributed by atoms with Crippen molar-refractivity contribution in [3.63, 3.8) is 0 Å². The number of aromatic amines is 1. The van der Waals surface area contributed by atoms with E-state index >= 15 is 0 Å². The molecular formula is C23H26Cl2N2O4. The van der Waals surface area contributed by atoms with Crippen LogP contribution in [0.2, 0.25) is 10.0 Å². The predicted molar refractivity (Wildman–Crippen MR) is 120 cm³/mol. The molecule has 1 amide bonds. The van der Waals surface area contributed by atoms with Crippen LogP contribution in [0.5, 0.6) is 0 Å². The van der Waals surface area contributed by atoms with Gasteiger partial charge in [-0.3, -0.25) is 9.59 Å². The van der Waals surface area contributed by atoms with Gasteiger partial charge in [-0.2, -0.15) is 0 Å². The summed E-state index contributed by atoms with van der Waals surface area (Å²) in [6.07, 6.45) is 2.15. The smallest absolute Gasteiger partial charge is 0.256 e. The maximum Gasteiger partial charge on any atom is 0.256 e. The average Bonchev–Trinajstić information content (AvgIpc) is 3.24. The van der Waals surface area contributed by atoms with E-state index in [9.17, 15) is 14.7 Å². The summed E-state index contributed by atoms with van der Waals surface area (Å²) in [5, 5.41) is 10.8. The number of carbonyl (C=O) groups excluding carboxylic acids is 1. The van der Waals surface area contributed by atoms with Crippen LogP contribution in [0.4, 0.5) is 0 Å². The molecule has 1 aromatic carbocycles. The highest BCUT2D eigenvalue weighted by atomic mass is 35.5. The molecule has 0 spiro atoms. The van der Waals surface area contributed by atoms with Crippen molar-refractivity contribution in [2.45, 2.75) is 51.7 Å². The van der Waals surface area contributed by atoms with Crippen LogP contribution in [0.3, 0.4) is 0 Å². The molecule has 0 bridgehead atoms. The van der Waals surface area contributed by atoms with Gasteiger partial charge in [0.2, 0.25) is 0 Å². The summed E-state index contributed by atoms with van der Waals surface area (Å²) in [4.78, 5) is 30.3. The van der Waals surface area contributed by atoms with Crippen LogP contribution in [-0.2, 0) is 17.7 Å². The fourth-order valence-electron chi connectivity index (χ4n) is 4.68. The van der Waals surface area contributed by atoms with Crippen LogP contribution < -0.4 is 5.56 Å². The van der Waals surface area contributed by atoms with Crippen LogP contribution in [0.25, 0.3) is 0 Å². The van der Waals surface area contributed by atoms with Gasteiger partial charge in [0.25, 0.3) is 11.5 Å². The van der Waals surface area contributed by atoms with E-state index in [0.717, 1.165) is 29.7 Å². The highest BCUT2D eigenvalue weighted by Crippen LogP contribution is 2.40. The number of nitrogens with one attached hydrogen (secondary N) is 1. The number of pyridine rings is 1. The monoisotopic (exact) mass is 464 g/mol. The zero-order valence-corrected chi connectivity index (χ0v) is 19.1. The number of aliphatic hydroxyl groups is 1. The first-order chi connectivity index (χ1) is 14.8. The minimum absolute atomic E-state index is 0.144. The van der Waals surface area contributed by atoms with Crippen molar-refractivity contribution in [2.75, 3.05) is 19.8 Å². The maximum atomic E-state index is 13.4. The van der Waals surface area contributed by atoms with Gasteiger partial charge in [-0.05, 0) is 61.9 Å². The lowest BCUT2D eigenvalue weighted by Gasteiger charge is -2.32. The number of hydrogen-bond acceptors (Lipinski definition) is 4. The second-order valence-electron chi connectivity index (χ2n) is 8.38. The Hall–Kier alpha value is -1.86. The molecule has 6 nitrogen and oxygen atoms in total. The number of ether oxygens (including phenoxy) is 1. The second kappa shape index (κ2) is 8.94. The van der Waals surface area contributed by atoms with Gasteiger partial charge in [-0.1, -0.05) is 23.2 Å². The van der Waals surface area contributed by atoms with Crippen LogP contribution in [0.15, 0.2) is 16.9 Å². The third-order valence-electron chi connectivity index (χ3n) is 6.33. The quantitative estimate of drug-likeness (QED) is 0.705. The maximum absolute atomic E-state index is 13.4. The van der Waals surface area contributed by atoms with Gasteiger partial charge in [-0.25, -0.2) is 0 Å². The molecule has 0 unspecified atom stereocenters. The molecule has 0 saturated carbocycles. The van der Waals surface area contributed by atoms with E-state index in [0.29, 0.717) is 46.3 Å². The summed E-state index contributed by atoms with van der Waals surface area (Å²) in [6.45, 7) is 4.85. The van der Waals surface area contributed by atoms with E-state index in [1.807, 2.05) is 19.9 Å². The Morgan fingerprint density at radius 2 is 2.06 bits per heavy atom. The van der Waals surface area contributed by atoms with Crippen LogP contribution in [0.1, 0.15) is 57.1 Å². The zero-order valence-electron chi connectivity index (χ0n) is 17.6. The highest BCUT2D eigenvalue weighted by Gasteiger charge is 2.35. The Bertz CT molecular complexity index is 1080. The van der Waals surface area contributed by atoms with Gasteiger partial charge in [-0.15, -0.1) is 0 Å². The predicted octanol–water partition coefficient (Wildman–Crippen LogP) is 3.75. The third kappa shape index (κ3) is 4.14. The summed E-state index contributed by atoms with van der Waals surface area (Å²) >= 11 is 13.3. The Morgan fingerprint density at radius 3 is 2.71 bits per heavy atom. The van der Waals surface area contributed by atoms with Gasteiger partial charge in [0.1, 0.15) is 0 Å². The fourth-order valence-corrected chi connectivity index (χ4v) is 5.38. The first kappa shape index (κ1) is 22.3. The highest BCUT2D eigenvalue weighted by molar-refractivity contribution is 6.37. The summed E-state index contributed by atoms with van der Waals surface area (Å²) in [7, 11) is 0. The molecule has 1 saturated heterocycles. The number of amides is 1. The molecule has 4 rings (SSSR count). The Kier molecular flexibility index (Phi) is 6.44. The summed E-state index contributed by atoms with van der Waals surface area (Å²) in [5.41, 5.74) is 3.73. The van der Waals surface area contributed by atoms with E-state index < -0.39 is 0 Å². The van der Waals surface area contributed by atoms with Crippen molar-refractivity contribution in [3.05, 3.63) is 66.0 Å². The summed E-state index contributed by atoms with van der Waals surface area (Å²) in [5.74, 6) is -0.596. The van der Waals surface area contributed by atoms with E-state index in [1.165, 1.54) is 0 Å². The normalized spacial score (nSPS) is 19.6. The molecular weight excluding hydrogens is 439 g/mol. The second-order valence-corrected chi connectivity index (χ2v) is 9.16. The van der Waals surface area contributed by atoms with Gasteiger partial charge in [0.15, 0.2) is 0 Å². The lowest BCUT2D eigenvalue weighted by Crippen LogP contribution is -2.39. The standard InChI is InChI=1S/C23H26Cl2N2O4/c1-12-8-13(2)26-22(29)16(12)10-27-6-5-14-18(24)9-15(21(25)20(14)23(27)30)17(11-28)19-4-3-7-31-19/h8-9,17,19,28H,3-7,10-11H2,1-2H3,(H,26,29)/t17-,19-/m1/s1. The van der Waals surface area contributed by atoms with Gasteiger partial charge in [0, 0.05) is 35.3 Å². The van der Waals surface area contributed by atoms with E-state index in [1.54, 1.807) is 11.0 Å². The average molecular weight is 465 g/mol. The molecule has 8 heteroatoms. The van der Waals surface area contributed by atoms with Crippen LogP contribution >= 0.6 is 23.2 Å². The van der Waals surface area contributed by atoms with Crippen LogP contribution in [0, 0.1) is 13.8 Å². The number of halogens is 2. The number of fused-ring (bicyclic) bond motifs is 1. The third-order valence-corrected chi connectivity index (χ3v) is 7.08. The summed E-state index contributed by atoms with van der Waals surface area (Å²) < 4.78 is 5.77. The van der Waals surface area contributed by atoms with Crippen molar-refractivity contribution in [1.29, 1.82) is 0 Å². The number of rotatable bonds is 5. The first-order valence-corrected chi connectivity index (χ1v) is 11.3. The lowest BCUT2D eigenvalue weighted by molar-refractivity contribution is 0.0665. The molecule has 1 aromatic heterocycles. The number of H-pyrrole nitrogens is 1. The molecule has 2 N–H and O–H groups in total. The lowest BCUT2D eigenvalue weighted by atomic mass is 9.87. The van der Waals surface area contributed by atoms with Gasteiger partial charge < -0.3 is 19.7 Å². The molecule has 2 aliphatic heterocycles. The molecule has 0 aliphatic carbocycles. The first-order valence-electron chi connectivity index (χ1n) is 10.5. The number of benzene rings is 1. The molecule has 2 aliphatic rings. The number of hydrogen-bond donors (Lipinski definition) is 2. The minimum Gasteiger partial charge on any atom is -0.396 e. The number of aliphatic hydroxyl groups excluding tert-OH is 1. The molecule has 1 fully saturated rings. The Balaban J connectivity index is 1.71. The summed E-state index contributed by atoms with van der Waals surface area (Å²) in [6, 6.07) is 3.66. The number of aryl methyl sites for hydroxylation is 2. The van der Waals surface area contributed by atoms with Crippen molar-refractivity contribution in [1.82, 2.24) is 9.88 Å².